The van der Waals surface area contributed by atoms with Gasteiger partial charge in [-0.25, -0.2) is 0 Å². The third-order valence-corrected chi connectivity index (χ3v) is 2.48. The molecule has 0 aromatic rings. The predicted octanol–water partition coefficient (Wildman–Crippen LogP) is 0.646. The van der Waals surface area contributed by atoms with Crippen molar-refractivity contribution >= 4 is 0 Å². The minimum atomic E-state index is 0.605. The van der Waals surface area contributed by atoms with Crippen LogP contribution in [0.3, 0.4) is 0 Å². The summed E-state index contributed by atoms with van der Waals surface area (Å²) in [5, 5.41) is 0. The van der Waals surface area contributed by atoms with Gasteiger partial charge in [-0.3, -0.25) is 4.90 Å². The summed E-state index contributed by atoms with van der Waals surface area (Å²) in [6, 6.07) is 0.605. The van der Waals surface area contributed by atoms with Gasteiger partial charge in [-0.15, -0.1) is 6.42 Å². The van der Waals surface area contributed by atoms with Gasteiger partial charge in [0.05, 0.1) is 6.54 Å². The Labute approximate surface area is 75.5 Å². The van der Waals surface area contributed by atoms with Gasteiger partial charge >= 0.3 is 0 Å². The third kappa shape index (κ3) is 2.51. The Morgan fingerprint density at radius 2 is 2.25 bits per heavy atom. The van der Waals surface area contributed by atoms with Crippen LogP contribution in [0.15, 0.2) is 0 Å². The summed E-state index contributed by atoms with van der Waals surface area (Å²) in [7, 11) is 2.18. The summed E-state index contributed by atoms with van der Waals surface area (Å²) < 4.78 is 0. The van der Waals surface area contributed by atoms with E-state index in [-0.39, 0.29) is 0 Å². The van der Waals surface area contributed by atoms with Crippen molar-refractivity contribution in [1.82, 2.24) is 9.80 Å². The molecular formula is C10H18N2. The molecule has 0 radical (unpaired) electrons. The zero-order chi connectivity index (χ0) is 8.97. The first kappa shape index (κ1) is 9.57. The fourth-order valence-electron chi connectivity index (χ4n) is 1.77. The van der Waals surface area contributed by atoms with Crippen molar-refractivity contribution in [2.24, 2.45) is 0 Å². The van der Waals surface area contributed by atoms with Gasteiger partial charge in [0.1, 0.15) is 0 Å². The van der Waals surface area contributed by atoms with Crippen LogP contribution in [0.25, 0.3) is 0 Å². The highest BCUT2D eigenvalue weighted by Gasteiger charge is 2.17. The summed E-state index contributed by atoms with van der Waals surface area (Å²) in [5.74, 6) is 2.72. The lowest BCUT2D eigenvalue weighted by Gasteiger charge is -2.25. The van der Waals surface area contributed by atoms with Crippen molar-refractivity contribution in [2.75, 3.05) is 33.2 Å². The molecule has 1 aliphatic rings. The largest absolute Gasteiger partial charge is 0.305 e. The average Bonchev–Trinajstić information content (AvgIpc) is 2.15. The van der Waals surface area contributed by atoms with Gasteiger partial charge in [-0.2, -0.15) is 0 Å². The molecule has 0 N–H and O–H groups in total. The first-order chi connectivity index (χ1) is 5.74. The molecule has 0 aliphatic carbocycles. The molecule has 1 aliphatic heterocycles. The molecule has 1 saturated heterocycles. The van der Waals surface area contributed by atoms with Crippen LogP contribution in [0.4, 0.5) is 0 Å². The molecule has 1 fully saturated rings. The van der Waals surface area contributed by atoms with Crippen molar-refractivity contribution < 1.29 is 0 Å². The molecule has 0 spiro atoms. The van der Waals surface area contributed by atoms with Gasteiger partial charge in [0.15, 0.2) is 0 Å². The number of hydrogen-bond donors (Lipinski definition) is 0. The van der Waals surface area contributed by atoms with Crippen molar-refractivity contribution in [3.8, 4) is 12.3 Å². The number of hydrogen-bond acceptors (Lipinski definition) is 2. The van der Waals surface area contributed by atoms with Gasteiger partial charge in [-0.05, 0) is 26.9 Å². The number of likely N-dealkylation sites (N-methyl/N-ethyl adjacent to an activating group) is 1. The zero-order valence-electron chi connectivity index (χ0n) is 8.08. The zero-order valence-corrected chi connectivity index (χ0v) is 8.08. The maximum Gasteiger partial charge on any atom is 0.0601 e. The monoisotopic (exact) mass is 166 g/mol. The molecule has 2 nitrogen and oxygen atoms in total. The van der Waals surface area contributed by atoms with E-state index in [0.717, 1.165) is 19.6 Å². The van der Waals surface area contributed by atoms with E-state index in [1.165, 1.54) is 13.0 Å². The molecular weight excluding hydrogens is 148 g/mol. The molecule has 2 heteroatoms. The Hall–Kier alpha value is -0.520. The molecule has 0 amide bonds. The highest BCUT2D eigenvalue weighted by atomic mass is 15.2. The van der Waals surface area contributed by atoms with E-state index in [2.05, 4.69) is 29.7 Å². The summed E-state index contributed by atoms with van der Waals surface area (Å²) in [6.45, 7) is 6.54. The van der Waals surface area contributed by atoms with Gasteiger partial charge < -0.3 is 4.90 Å². The number of rotatable bonds is 1. The van der Waals surface area contributed by atoms with Crippen LogP contribution in [-0.4, -0.2) is 49.1 Å². The molecule has 1 unspecified atom stereocenters. The van der Waals surface area contributed by atoms with Crippen LogP contribution in [0.5, 0.6) is 0 Å². The van der Waals surface area contributed by atoms with Crippen molar-refractivity contribution in [1.29, 1.82) is 0 Å². The van der Waals surface area contributed by atoms with E-state index < -0.39 is 0 Å². The Morgan fingerprint density at radius 1 is 1.50 bits per heavy atom. The Balaban J connectivity index is 2.47. The molecule has 0 aromatic carbocycles. The summed E-state index contributed by atoms with van der Waals surface area (Å²) in [6.07, 6.45) is 6.54. The fourth-order valence-corrected chi connectivity index (χ4v) is 1.77. The topological polar surface area (TPSA) is 6.48 Å². The Kier molecular flexibility index (Phi) is 3.58. The minimum Gasteiger partial charge on any atom is -0.305 e. The standard InChI is InChI=1S/C10H18N2/c1-4-6-12-8-5-7-11(3)9-10(12)2/h1,10H,5-9H2,2-3H3. The molecule has 1 atom stereocenters. The van der Waals surface area contributed by atoms with E-state index >= 15 is 0 Å². The maximum absolute atomic E-state index is 5.30. The van der Waals surface area contributed by atoms with Gasteiger partial charge in [0.2, 0.25) is 0 Å². The Bertz CT molecular complexity index is 171. The maximum atomic E-state index is 5.30. The fraction of sp³-hybridized carbons (Fsp3) is 0.800. The SMILES string of the molecule is C#CCN1CCCN(C)CC1C. The third-order valence-electron chi connectivity index (χ3n) is 2.48. The smallest absolute Gasteiger partial charge is 0.0601 e. The van der Waals surface area contributed by atoms with Crippen molar-refractivity contribution in [3.63, 3.8) is 0 Å². The minimum absolute atomic E-state index is 0.605. The van der Waals surface area contributed by atoms with E-state index in [4.69, 9.17) is 6.42 Å². The van der Waals surface area contributed by atoms with Crippen LogP contribution in [-0.2, 0) is 0 Å². The first-order valence-electron chi connectivity index (χ1n) is 4.60. The molecule has 68 valence electrons. The van der Waals surface area contributed by atoms with E-state index in [9.17, 15) is 0 Å². The van der Waals surface area contributed by atoms with Crippen LogP contribution in [0, 0.1) is 12.3 Å². The quantitative estimate of drug-likeness (QED) is 0.528. The second kappa shape index (κ2) is 4.49. The molecule has 12 heavy (non-hydrogen) atoms. The first-order valence-corrected chi connectivity index (χ1v) is 4.60. The normalized spacial score (nSPS) is 27.9. The van der Waals surface area contributed by atoms with Crippen molar-refractivity contribution in [3.05, 3.63) is 0 Å². The van der Waals surface area contributed by atoms with Crippen molar-refractivity contribution in [2.45, 2.75) is 19.4 Å². The second-order valence-electron chi connectivity index (χ2n) is 3.64. The van der Waals surface area contributed by atoms with E-state index in [0.29, 0.717) is 6.04 Å². The lowest BCUT2D eigenvalue weighted by molar-refractivity contribution is 0.224. The lowest BCUT2D eigenvalue weighted by atomic mass is 10.3. The Morgan fingerprint density at radius 3 is 2.92 bits per heavy atom. The molecule has 1 heterocycles. The summed E-state index contributed by atoms with van der Waals surface area (Å²) in [4.78, 5) is 4.75. The highest BCUT2D eigenvalue weighted by Crippen LogP contribution is 2.06. The van der Waals surface area contributed by atoms with Gasteiger partial charge in [0.25, 0.3) is 0 Å². The number of terminal acetylenes is 1. The lowest BCUT2D eigenvalue weighted by Crippen LogP contribution is -2.37. The summed E-state index contributed by atoms with van der Waals surface area (Å²) in [5.41, 5.74) is 0. The average molecular weight is 166 g/mol. The molecule has 0 bridgehead atoms. The summed E-state index contributed by atoms with van der Waals surface area (Å²) >= 11 is 0. The van der Waals surface area contributed by atoms with Crippen LogP contribution >= 0.6 is 0 Å². The van der Waals surface area contributed by atoms with E-state index in [1.807, 2.05) is 0 Å². The molecule has 1 rings (SSSR count). The molecule has 0 saturated carbocycles. The van der Waals surface area contributed by atoms with Crippen LogP contribution in [0.1, 0.15) is 13.3 Å². The highest BCUT2D eigenvalue weighted by molar-refractivity contribution is 4.90. The second-order valence-corrected chi connectivity index (χ2v) is 3.64. The van der Waals surface area contributed by atoms with Crippen LogP contribution < -0.4 is 0 Å². The predicted molar refractivity (Wildman–Crippen MR) is 52.0 cm³/mol. The van der Waals surface area contributed by atoms with Gasteiger partial charge in [-0.1, -0.05) is 5.92 Å². The number of nitrogens with zero attached hydrogens (tertiary/aromatic N) is 2. The van der Waals surface area contributed by atoms with E-state index in [1.54, 1.807) is 0 Å². The van der Waals surface area contributed by atoms with Gasteiger partial charge in [0, 0.05) is 19.1 Å². The van der Waals surface area contributed by atoms with Crippen LogP contribution in [0.2, 0.25) is 0 Å². The molecule has 0 aromatic heterocycles.